The number of nitrogen functional groups attached to an aromatic ring is 1. The number of carboxylic acid groups (broad SMARTS) is 1. The van der Waals surface area contributed by atoms with Crippen molar-refractivity contribution in [2.45, 2.75) is 38.8 Å². The molecule has 6 heteroatoms. The minimum absolute atomic E-state index is 0.0426. The minimum Gasteiger partial charge on any atom is -0.481 e. The molecule has 0 aliphatic heterocycles. The van der Waals surface area contributed by atoms with Crippen molar-refractivity contribution in [1.82, 2.24) is 0 Å². The minimum atomic E-state index is -4.59. The standard InChI is InChI=1S/C14H18F3NO2/c1-3-8(4-2)11(13(19)20)9-6-5-7-10(12(9)18)14(15,16)17/h5-8,11H,3-4,18H2,1-2H3,(H,19,20). The van der Waals surface area contributed by atoms with Gasteiger partial charge in [-0.2, -0.15) is 13.2 Å². The van der Waals surface area contributed by atoms with Gasteiger partial charge in [0.25, 0.3) is 0 Å². The van der Waals surface area contributed by atoms with Gasteiger partial charge in [0.05, 0.1) is 11.5 Å². The van der Waals surface area contributed by atoms with E-state index in [1.165, 1.54) is 12.1 Å². The number of nitrogens with two attached hydrogens (primary N) is 1. The molecule has 0 saturated heterocycles. The van der Waals surface area contributed by atoms with Crippen LogP contribution in [0.5, 0.6) is 0 Å². The van der Waals surface area contributed by atoms with Crippen LogP contribution in [0, 0.1) is 5.92 Å². The van der Waals surface area contributed by atoms with E-state index in [1.807, 2.05) is 13.8 Å². The van der Waals surface area contributed by atoms with Gasteiger partial charge in [0.15, 0.2) is 0 Å². The summed E-state index contributed by atoms with van der Waals surface area (Å²) in [5, 5.41) is 9.34. The van der Waals surface area contributed by atoms with E-state index in [0.29, 0.717) is 12.8 Å². The lowest BCUT2D eigenvalue weighted by Gasteiger charge is -2.24. The van der Waals surface area contributed by atoms with Crippen LogP contribution in [0.1, 0.15) is 43.7 Å². The van der Waals surface area contributed by atoms with E-state index in [0.717, 1.165) is 6.07 Å². The maximum atomic E-state index is 12.8. The molecule has 1 unspecified atom stereocenters. The first kappa shape index (κ1) is 16.3. The molecule has 0 radical (unpaired) electrons. The Morgan fingerprint density at radius 1 is 1.30 bits per heavy atom. The van der Waals surface area contributed by atoms with Gasteiger partial charge in [-0.3, -0.25) is 4.79 Å². The Kier molecular flexibility index (Phi) is 5.03. The summed E-state index contributed by atoms with van der Waals surface area (Å²) in [5.74, 6) is -2.42. The predicted molar refractivity (Wildman–Crippen MR) is 70.3 cm³/mol. The third kappa shape index (κ3) is 3.23. The molecule has 1 atom stereocenters. The summed E-state index contributed by atoms with van der Waals surface area (Å²) in [4.78, 5) is 11.4. The fourth-order valence-corrected chi connectivity index (χ4v) is 2.45. The second kappa shape index (κ2) is 6.15. The number of anilines is 1. The number of carbonyl (C=O) groups is 1. The highest BCUT2D eigenvalue weighted by atomic mass is 19.4. The van der Waals surface area contributed by atoms with Crippen LogP contribution in [0.25, 0.3) is 0 Å². The zero-order valence-corrected chi connectivity index (χ0v) is 11.4. The number of hydrogen-bond acceptors (Lipinski definition) is 2. The van der Waals surface area contributed by atoms with Crippen molar-refractivity contribution in [2.24, 2.45) is 5.92 Å². The van der Waals surface area contributed by atoms with Gasteiger partial charge in [-0.05, 0) is 17.5 Å². The van der Waals surface area contributed by atoms with Crippen molar-refractivity contribution in [1.29, 1.82) is 0 Å². The third-order valence-corrected chi connectivity index (χ3v) is 3.57. The summed E-state index contributed by atoms with van der Waals surface area (Å²) in [5.41, 5.74) is 4.15. The van der Waals surface area contributed by atoms with Crippen LogP contribution in [0.3, 0.4) is 0 Å². The van der Waals surface area contributed by atoms with Crippen molar-refractivity contribution in [2.75, 3.05) is 5.73 Å². The molecule has 1 rings (SSSR count). The Morgan fingerprint density at radius 2 is 1.85 bits per heavy atom. The Hall–Kier alpha value is -1.72. The molecule has 0 saturated carbocycles. The molecule has 3 nitrogen and oxygen atoms in total. The predicted octanol–water partition coefficient (Wildman–Crippen LogP) is 3.89. The number of halogens is 3. The van der Waals surface area contributed by atoms with E-state index in [4.69, 9.17) is 5.73 Å². The van der Waals surface area contributed by atoms with E-state index < -0.39 is 29.3 Å². The SMILES string of the molecule is CCC(CC)C(C(=O)O)c1cccc(C(F)(F)F)c1N. The van der Waals surface area contributed by atoms with E-state index in [2.05, 4.69) is 0 Å². The number of hydrogen-bond donors (Lipinski definition) is 2. The largest absolute Gasteiger partial charge is 0.481 e. The first-order valence-corrected chi connectivity index (χ1v) is 6.42. The molecule has 0 fully saturated rings. The fraction of sp³-hybridized carbons (Fsp3) is 0.500. The third-order valence-electron chi connectivity index (χ3n) is 3.57. The molecule has 0 aliphatic carbocycles. The summed E-state index contributed by atoms with van der Waals surface area (Å²) in [6, 6.07) is 3.43. The second-order valence-corrected chi connectivity index (χ2v) is 4.70. The highest BCUT2D eigenvalue weighted by molar-refractivity contribution is 5.79. The van der Waals surface area contributed by atoms with Crippen LogP contribution in [0.4, 0.5) is 18.9 Å². The maximum absolute atomic E-state index is 12.8. The topological polar surface area (TPSA) is 63.3 Å². The summed E-state index contributed by atoms with van der Waals surface area (Å²) >= 11 is 0. The summed E-state index contributed by atoms with van der Waals surface area (Å²) in [7, 11) is 0. The van der Waals surface area contributed by atoms with Crippen molar-refractivity contribution in [3.05, 3.63) is 29.3 Å². The van der Waals surface area contributed by atoms with Crippen LogP contribution in [0.15, 0.2) is 18.2 Å². The molecule has 20 heavy (non-hydrogen) atoms. The lowest BCUT2D eigenvalue weighted by atomic mass is 9.81. The molecule has 112 valence electrons. The average Bonchev–Trinajstić information content (AvgIpc) is 2.35. The van der Waals surface area contributed by atoms with Gasteiger partial charge in [-0.25, -0.2) is 0 Å². The smallest absolute Gasteiger partial charge is 0.418 e. The van der Waals surface area contributed by atoms with Gasteiger partial charge in [0.2, 0.25) is 0 Å². The van der Waals surface area contributed by atoms with Gasteiger partial charge >= 0.3 is 12.1 Å². The first-order valence-electron chi connectivity index (χ1n) is 6.42. The van der Waals surface area contributed by atoms with Gasteiger partial charge in [0, 0.05) is 5.69 Å². The van der Waals surface area contributed by atoms with Crippen LogP contribution >= 0.6 is 0 Å². The zero-order chi connectivity index (χ0) is 15.5. The number of para-hydroxylation sites is 1. The fourth-order valence-electron chi connectivity index (χ4n) is 2.45. The van der Waals surface area contributed by atoms with Gasteiger partial charge in [-0.15, -0.1) is 0 Å². The summed E-state index contributed by atoms with van der Waals surface area (Å²) in [6.07, 6.45) is -3.47. The Labute approximate surface area is 115 Å². The van der Waals surface area contributed by atoms with E-state index in [1.54, 1.807) is 0 Å². The molecule has 0 amide bonds. The lowest BCUT2D eigenvalue weighted by molar-refractivity contribution is -0.141. The van der Waals surface area contributed by atoms with Crippen LogP contribution < -0.4 is 5.73 Å². The van der Waals surface area contributed by atoms with Crippen LogP contribution in [0.2, 0.25) is 0 Å². The Morgan fingerprint density at radius 3 is 2.25 bits per heavy atom. The average molecular weight is 289 g/mol. The Balaban J connectivity index is 3.39. The van der Waals surface area contributed by atoms with Crippen molar-refractivity contribution in [3.63, 3.8) is 0 Å². The number of benzene rings is 1. The van der Waals surface area contributed by atoms with E-state index >= 15 is 0 Å². The van der Waals surface area contributed by atoms with Crippen molar-refractivity contribution in [3.8, 4) is 0 Å². The highest BCUT2D eigenvalue weighted by Crippen LogP contribution is 2.40. The molecule has 0 aromatic heterocycles. The number of aliphatic carboxylic acids is 1. The highest BCUT2D eigenvalue weighted by Gasteiger charge is 2.36. The molecule has 0 bridgehead atoms. The van der Waals surface area contributed by atoms with Crippen LogP contribution in [-0.4, -0.2) is 11.1 Å². The van der Waals surface area contributed by atoms with E-state index in [-0.39, 0.29) is 11.5 Å². The molecular weight excluding hydrogens is 271 g/mol. The molecule has 0 heterocycles. The summed E-state index contributed by atoms with van der Waals surface area (Å²) < 4.78 is 38.5. The molecular formula is C14H18F3NO2. The molecule has 1 aromatic carbocycles. The van der Waals surface area contributed by atoms with Gasteiger partial charge in [0.1, 0.15) is 0 Å². The van der Waals surface area contributed by atoms with Gasteiger partial charge < -0.3 is 10.8 Å². The van der Waals surface area contributed by atoms with Crippen LogP contribution in [-0.2, 0) is 11.0 Å². The first-order chi connectivity index (χ1) is 9.23. The monoisotopic (exact) mass is 289 g/mol. The number of rotatable bonds is 5. The number of carboxylic acids is 1. The zero-order valence-electron chi connectivity index (χ0n) is 11.4. The molecule has 1 aromatic rings. The quantitative estimate of drug-likeness (QED) is 0.808. The Bertz CT molecular complexity index is 482. The molecule has 0 aliphatic rings. The summed E-state index contributed by atoms with van der Waals surface area (Å²) in [6.45, 7) is 3.63. The maximum Gasteiger partial charge on any atom is 0.418 e. The van der Waals surface area contributed by atoms with E-state index in [9.17, 15) is 23.1 Å². The normalized spacial score (nSPS) is 13.5. The molecule has 3 N–H and O–H groups in total. The lowest BCUT2D eigenvalue weighted by Crippen LogP contribution is -2.23. The number of alkyl halides is 3. The molecule has 0 spiro atoms. The van der Waals surface area contributed by atoms with Crippen molar-refractivity contribution >= 4 is 11.7 Å². The van der Waals surface area contributed by atoms with Gasteiger partial charge in [-0.1, -0.05) is 38.8 Å². The van der Waals surface area contributed by atoms with Crippen molar-refractivity contribution < 1.29 is 23.1 Å². The second-order valence-electron chi connectivity index (χ2n) is 4.70.